The first-order valence-electron chi connectivity index (χ1n) is 10.1. The summed E-state index contributed by atoms with van der Waals surface area (Å²) in [4.78, 5) is 28.5. The van der Waals surface area contributed by atoms with Crippen molar-refractivity contribution in [2.75, 3.05) is 12.0 Å². The van der Waals surface area contributed by atoms with Crippen molar-refractivity contribution in [3.63, 3.8) is 0 Å². The first-order valence-corrected chi connectivity index (χ1v) is 11.4. The van der Waals surface area contributed by atoms with E-state index in [1.54, 1.807) is 18.2 Å². The number of aliphatic hydroxyl groups excluding tert-OH is 1. The Morgan fingerprint density at radius 2 is 1.84 bits per heavy atom. The van der Waals surface area contributed by atoms with E-state index in [1.807, 2.05) is 41.8 Å². The average Bonchev–Trinajstić information content (AvgIpc) is 3.41. The van der Waals surface area contributed by atoms with Crippen molar-refractivity contribution < 1.29 is 19.4 Å². The van der Waals surface area contributed by atoms with E-state index >= 15 is 0 Å². The zero-order valence-corrected chi connectivity index (χ0v) is 19.4. The molecule has 1 aromatic heterocycles. The van der Waals surface area contributed by atoms with Crippen molar-refractivity contribution in [1.82, 2.24) is 0 Å². The number of hydrogen-bond acceptors (Lipinski definition) is 5. The number of carbonyl (C=O) groups excluding carboxylic acids is 2. The first-order chi connectivity index (χ1) is 15.3. The highest BCUT2D eigenvalue weighted by atomic mass is 35.5. The number of aliphatic hydroxyl groups is 1. The second-order valence-corrected chi connectivity index (χ2v) is 9.17. The summed E-state index contributed by atoms with van der Waals surface area (Å²) in [5.41, 5.74) is 2.12. The van der Waals surface area contributed by atoms with Gasteiger partial charge in [-0.05, 0) is 53.3 Å². The second-order valence-electron chi connectivity index (χ2n) is 7.78. The topological polar surface area (TPSA) is 66.8 Å². The fraction of sp³-hybridized carbons (Fsp3) is 0.200. The molecule has 3 aromatic rings. The molecule has 5 nitrogen and oxygen atoms in total. The highest BCUT2D eigenvalue weighted by Gasteiger charge is 2.47. The zero-order chi connectivity index (χ0) is 23.0. The van der Waals surface area contributed by atoms with E-state index in [0.717, 1.165) is 10.4 Å². The SMILES string of the molecule is COc1cc(/C(O)=C2/C(=O)C(=O)N(c3ccc(C(C)C)cc3)C2c2cccs2)ccc1Cl. The highest BCUT2D eigenvalue weighted by molar-refractivity contribution is 7.10. The van der Waals surface area contributed by atoms with E-state index < -0.39 is 17.7 Å². The number of rotatable bonds is 5. The molecule has 0 saturated carbocycles. The van der Waals surface area contributed by atoms with Crippen LogP contribution in [0.1, 0.15) is 41.8 Å². The minimum absolute atomic E-state index is 0.0368. The molecule has 1 amide bonds. The number of ketones is 1. The quantitative estimate of drug-likeness (QED) is 0.277. The van der Waals surface area contributed by atoms with E-state index in [1.165, 1.54) is 23.3 Å². The average molecular weight is 468 g/mol. The van der Waals surface area contributed by atoms with Crippen molar-refractivity contribution in [2.24, 2.45) is 0 Å². The van der Waals surface area contributed by atoms with Crippen molar-refractivity contribution in [3.8, 4) is 5.75 Å². The monoisotopic (exact) mass is 467 g/mol. The van der Waals surface area contributed by atoms with Gasteiger partial charge >= 0.3 is 0 Å². The third-order valence-electron chi connectivity index (χ3n) is 5.52. The molecular formula is C25H22ClNO4S. The van der Waals surface area contributed by atoms with Gasteiger partial charge in [0.25, 0.3) is 11.7 Å². The molecule has 32 heavy (non-hydrogen) atoms. The maximum absolute atomic E-state index is 13.1. The van der Waals surface area contributed by atoms with Crippen LogP contribution in [0.25, 0.3) is 5.76 Å². The molecule has 7 heteroatoms. The summed E-state index contributed by atoms with van der Waals surface area (Å²) in [5, 5.41) is 13.4. The van der Waals surface area contributed by atoms with Gasteiger partial charge < -0.3 is 9.84 Å². The van der Waals surface area contributed by atoms with Crippen molar-refractivity contribution >= 4 is 46.1 Å². The van der Waals surface area contributed by atoms with Crippen LogP contribution in [0, 0.1) is 0 Å². The summed E-state index contributed by atoms with van der Waals surface area (Å²) in [5.74, 6) is -0.974. The fourth-order valence-electron chi connectivity index (χ4n) is 3.80. The minimum Gasteiger partial charge on any atom is -0.507 e. The summed E-state index contributed by atoms with van der Waals surface area (Å²) < 4.78 is 5.24. The van der Waals surface area contributed by atoms with Gasteiger partial charge in [0.1, 0.15) is 17.6 Å². The highest BCUT2D eigenvalue weighted by Crippen LogP contribution is 2.44. The molecule has 0 bridgehead atoms. The van der Waals surface area contributed by atoms with E-state index in [4.69, 9.17) is 16.3 Å². The van der Waals surface area contributed by atoms with Gasteiger partial charge in [-0.3, -0.25) is 14.5 Å². The number of Topliss-reactive ketones (excluding diaryl/α,β-unsaturated/α-hetero) is 1. The van der Waals surface area contributed by atoms with Crippen LogP contribution in [0.15, 0.2) is 65.6 Å². The number of anilines is 1. The Bertz CT molecular complexity index is 1200. The number of thiophene rings is 1. The number of hydrogen-bond donors (Lipinski definition) is 1. The lowest BCUT2D eigenvalue weighted by atomic mass is 9.99. The van der Waals surface area contributed by atoms with Gasteiger partial charge in [0, 0.05) is 16.1 Å². The summed E-state index contributed by atoms with van der Waals surface area (Å²) in [6.45, 7) is 4.18. The molecular weight excluding hydrogens is 446 g/mol. The van der Waals surface area contributed by atoms with Gasteiger partial charge in [0.05, 0.1) is 17.7 Å². The number of amides is 1. The van der Waals surface area contributed by atoms with Crippen LogP contribution in [-0.2, 0) is 9.59 Å². The zero-order valence-electron chi connectivity index (χ0n) is 17.8. The molecule has 1 saturated heterocycles. The smallest absolute Gasteiger partial charge is 0.300 e. The lowest BCUT2D eigenvalue weighted by molar-refractivity contribution is -0.132. The molecule has 0 aliphatic carbocycles. The van der Waals surface area contributed by atoms with Crippen LogP contribution in [0.5, 0.6) is 5.75 Å². The van der Waals surface area contributed by atoms with Crippen LogP contribution < -0.4 is 9.64 Å². The van der Waals surface area contributed by atoms with E-state index in [0.29, 0.717) is 27.9 Å². The Kier molecular flexibility index (Phi) is 6.09. The molecule has 2 aromatic carbocycles. The van der Waals surface area contributed by atoms with Gasteiger partial charge in [-0.15, -0.1) is 11.3 Å². The lowest BCUT2D eigenvalue weighted by Crippen LogP contribution is -2.29. The van der Waals surface area contributed by atoms with E-state index in [9.17, 15) is 14.7 Å². The van der Waals surface area contributed by atoms with Crippen molar-refractivity contribution in [2.45, 2.75) is 25.8 Å². The maximum atomic E-state index is 13.1. The summed E-state index contributed by atoms with van der Waals surface area (Å²) in [6, 6.07) is 15.3. The summed E-state index contributed by atoms with van der Waals surface area (Å²) in [7, 11) is 1.47. The molecule has 1 atom stereocenters. The maximum Gasteiger partial charge on any atom is 0.300 e. The molecule has 0 spiro atoms. The Hall–Kier alpha value is -3.09. The molecule has 1 N–H and O–H groups in total. The van der Waals surface area contributed by atoms with Gasteiger partial charge in [0.2, 0.25) is 0 Å². The molecule has 2 heterocycles. The van der Waals surface area contributed by atoms with E-state index in [-0.39, 0.29) is 11.3 Å². The largest absolute Gasteiger partial charge is 0.507 e. The molecule has 1 unspecified atom stereocenters. The van der Waals surface area contributed by atoms with Gasteiger partial charge in [0.15, 0.2) is 0 Å². The Morgan fingerprint density at radius 3 is 2.44 bits per heavy atom. The molecule has 164 valence electrons. The number of nitrogens with zero attached hydrogens (tertiary/aromatic N) is 1. The van der Waals surface area contributed by atoms with E-state index in [2.05, 4.69) is 13.8 Å². The van der Waals surface area contributed by atoms with Crippen LogP contribution in [0.3, 0.4) is 0 Å². The number of halogens is 1. The molecule has 0 radical (unpaired) electrons. The van der Waals surface area contributed by atoms with Crippen LogP contribution >= 0.6 is 22.9 Å². The predicted molar refractivity (Wildman–Crippen MR) is 128 cm³/mol. The van der Waals surface area contributed by atoms with Gasteiger partial charge in [-0.1, -0.05) is 43.6 Å². The van der Waals surface area contributed by atoms with Gasteiger partial charge in [-0.25, -0.2) is 0 Å². The molecule has 1 aliphatic rings. The number of methoxy groups -OCH3 is 1. The summed E-state index contributed by atoms with van der Waals surface area (Å²) >= 11 is 7.53. The molecule has 1 fully saturated rings. The second kappa shape index (κ2) is 8.81. The standard InChI is InChI=1S/C25H22ClNO4S/c1-14(2)15-6-9-17(10-7-15)27-22(20-5-4-12-32-20)21(24(29)25(27)30)23(28)16-8-11-18(26)19(13-16)31-3/h4-14,22,28H,1-3H3/b23-21-. The lowest BCUT2D eigenvalue weighted by Gasteiger charge is -2.24. The normalized spacial score (nSPS) is 17.9. The number of ether oxygens (including phenoxy) is 1. The van der Waals surface area contributed by atoms with Crippen molar-refractivity contribution in [3.05, 3.63) is 86.6 Å². The number of carbonyl (C=O) groups is 2. The number of benzene rings is 2. The van der Waals surface area contributed by atoms with Crippen LogP contribution in [0.4, 0.5) is 5.69 Å². The minimum atomic E-state index is -0.735. The fourth-order valence-corrected chi connectivity index (χ4v) is 4.82. The summed E-state index contributed by atoms with van der Waals surface area (Å²) in [6.07, 6.45) is 0. The third-order valence-corrected chi connectivity index (χ3v) is 6.76. The van der Waals surface area contributed by atoms with Crippen LogP contribution in [0.2, 0.25) is 5.02 Å². The van der Waals surface area contributed by atoms with Crippen molar-refractivity contribution in [1.29, 1.82) is 0 Å². The predicted octanol–water partition coefficient (Wildman–Crippen LogP) is 6.16. The Balaban J connectivity index is 1.88. The Morgan fingerprint density at radius 1 is 1.12 bits per heavy atom. The van der Waals surface area contributed by atoms with Gasteiger partial charge in [-0.2, -0.15) is 0 Å². The first kappa shape index (κ1) is 22.1. The third kappa shape index (κ3) is 3.80. The molecule has 4 rings (SSSR count). The van der Waals surface area contributed by atoms with Crippen LogP contribution in [-0.4, -0.2) is 23.9 Å². The molecule has 1 aliphatic heterocycles. The Labute approximate surface area is 195 Å².